The lowest BCUT2D eigenvalue weighted by atomic mass is 10.1. The van der Waals surface area contributed by atoms with Crippen LogP contribution in [0.2, 0.25) is 0 Å². The number of carbonyl (C=O) groups excluding carboxylic acids is 2. The molecule has 5 rings (SSSR count). The average Bonchev–Trinajstić information content (AvgIpc) is 3.47. The number of fused-ring (bicyclic) bond motifs is 2. The van der Waals surface area contributed by atoms with Gasteiger partial charge in [-0.15, -0.1) is 11.3 Å². The van der Waals surface area contributed by atoms with Gasteiger partial charge < -0.3 is 10.2 Å². The van der Waals surface area contributed by atoms with E-state index in [1.165, 1.54) is 28.4 Å². The Labute approximate surface area is 201 Å². The lowest BCUT2D eigenvalue weighted by Crippen LogP contribution is -2.43. The number of halogens is 1. The standard InChI is InChI=1S/C27H26FN3O2S/c1-17-6-11-23-19(12-17)13-20-14-24(34-26(20)30-23)27(33)31(15-18-7-9-21(28)10-8-18)16-25(32)29-22-4-2-3-5-22/h6-14,22H,2-5,15-16H2,1H3,(H,29,32). The Balaban J connectivity index is 1.42. The van der Waals surface area contributed by atoms with Crippen molar-refractivity contribution < 1.29 is 14.0 Å². The van der Waals surface area contributed by atoms with Crippen molar-refractivity contribution in [3.8, 4) is 0 Å². The molecule has 174 valence electrons. The van der Waals surface area contributed by atoms with E-state index >= 15 is 0 Å². The minimum absolute atomic E-state index is 0.0461. The summed E-state index contributed by atoms with van der Waals surface area (Å²) in [6.07, 6.45) is 4.19. The average molecular weight is 476 g/mol. The zero-order chi connectivity index (χ0) is 23.7. The predicted molar refractivity (Wildman–Crippen MR) is 133 cm³/mol. The molecule has 4 aromatic rings. The van der Waals surface area contributed by atoms with Gasteiger partial charge in [-0.25, -0.2) is 9.37 Å². The van der Waals surface area contributed by atoms with E-state index in [1.807, 2.05) is 25.1 Å². The molecule has 0 saturated heterocycles. The molecule has 2 aromatic carbocycles. The molecule has 2 heterocycles. The number of amides is 2. The summed E-state index contributed by atoms with van der Waals surface area (Å²) < 4.78 is 13.4. The monoisotopic (exact) mass is 475 g/mol. The summed E-state index contributed by atoms with van der Waals surface area (Å²) in [6, 6.07) is 16.2. The van der Waals surface area contributed by atoms with E-state index < -0.39 is 0 Å². The Bertz CT molecular complexity index is 1360. The first-order valence-corrected chi connectivity index (χ1v) is 12.4. The molecular formula is C27H26FN3O2S. The number of carbonyl (C=O) groups is 2. The maximum Gasteiger partial charge on any atom is 0.264 e. The number of pyridine rings is 1. The molecule has 0 atom stereocenters. The van der Waals surface area contributed by atoms with Crippen LogP contribution in [0.3, 0.4) is 0 Å². The minimum atomic E-state index is -0.335. The molecule has 1 fully saturated rings. The van der Waals surface area contributed by atoms with Crippen molar-refractivity contribution in [3.63, 3.8) is 0 Å². The molecule has 2 aromatic heterocycles. The number of nitrogens with one attached hydrogen (secondary N) is 1. The van der Waals surface area contributed by atoms with Gasteiger partial charge in [-0.1, -0.05) is 36.6 Å². The van der Waals surface area contributed by atoms with E-state index in [1.54, 1.807) is 12.1 Å². The maximum atomic E-state index is 13.6. The van der Waals surface area contributed by atoms with Gasteiger partial charge in [0.1, 0.15) is 17.2 Å². The van der Waals surface area contributed by atoms with Crippen LogP contribution in [0.5, 0.6) is 0 Å². The Hall–Kier alpha value is -3.32. The Morgan fingerprint density at radius 1 is 1.06 bits per heavy atom. The first kappa shape index (κ1) is 22.5. The third kappa shape index (κ3) is 4.94. The molecule has 2 amide bonds. The molecule has 0 bridgehead atoms. The fraction of sp³-hybridized carbons (Fsp3) is 0.296. The molecule has 0 radical (unpaired) electrons. The molecule has 0 unspecified atom stereocenters. The molecule has 1 aliphatic carbocycles. The fourth-order valence-electron chi connectivity index (χ4n) is 4.54. The molecular weight excluding hydrogens is 449 g/mol. The summed E-state index contributed by atoms with van der Waals surface area (Å²) in [6.45, 7) is 2.21. The van der Waals surface area contributed by atoms with Crippen LogP contribution in [0.25, 0.3) is 21.1 Å². The number of benzene rings is 2. The summed E-state index contributed by atoms with van der Waals surface area (Å²) in [7, 11) is 0. The largest absolute Gasteiger partial charge is 0.352 e. The summed E-state index contributed by atoms with van der Waals surface area (Å²) in [4.78, 5) is 33.9. The highest BCUT2D eigenvalue weighted by molar-refractivity contribution is 7.20. The van der Waals surface area contributed by atoms with Gasteiger partial charge in [0.05, 0.1) is 10.4 Å². The molecule has 5 nitrogen and oxygen atoms in total. The fourth-order valence-corrected chi connectivity index (χ4v) is 5.53. The number of hydrogen-bond donors (Lipinski definition) is 1. The number of nitrogens with zero attached hydrogens (tertiary/aromatic N) is 2. The normalized spacial score (nSPS) is 14.1. The van der Waals surface area contributed by atoms with Gasteiger partial charge in [0, 0.05) is 23.4 Å². The van der Waals surface area contributed by atoms with Crippen LogP contribution in [0.1, 0.15) is 46.5 Å². The van der Waals surface area contributed by atoms with Crippen LogP contribution >= 0.6 is 11.3 Å². The maximum absolute atomic E-state index is 13.6. The third-order valence-electron chi connectivity index (χ3n) is 6.30. The number of hydrogen-bond acceptors (Lipinski definition) is 4. The number of thiophene rings is 1. The molecule has 1 N–H and O–H groups in total. The van der Waals surface area contributed by atoms with E-state index in [0.29, 0.717) is 4.88 Å². The molecule has 7 heteroatoms. The van der Waals surface area contributed by atoms with Crippen LogP contribution in [0, 0.1) is 12.7 Å². The molecule has 0 aliphatic heterocycles. The minimum Gasteiger partial charge on any atom is -0.352 e. The van der Waals surface area contributed by atoms with E-state index in [-0.39, 0.29) is 36.8 Å². The van der Waals surface area contributed by atoms with Gasteiger partial charge in [-0.05, 0) is 61.7 Å². The van der Waals surface area contributed by atoms with Crippen LogP contribution in [0.15, 0.2) is 54.6 Å². The highest BCUT2D eigenvalue weighted by Gasteiger charge is 2.24. The van der Waals surface area contributed by atoms with Crippen molar-refractivity contribution in [3.05, 3.63) is 76.4 Å². The predicted octanol–water partition coefficient (Wildman–Crippen LogP) is 5.60. The molecule has 34 heavy (non-hydrogen) atoms. The zero-order valence-electron chi connectivity index (χ0n) is 19.0. The topological polar surface area (TPSA) is 62.3 Å². The highest BCUT2D eigenvalue weighted by atomic mass is 32.1. The van der Waals surface area contributed by atoms with Gasteiger partial charge in [-0.3, -0.25) is 9.59 Å². The van der Waals surface area contributed by atoms with Crippen LogP contribution in [-0.4, -0.2) is 34.3 Å². The van der Waals surface area contributed by atoms with Gasteiger partial charge in [-0.2, -0.15) is 0 Å². The summed E-state index contributed by atoms with van der Waals surface area (Å²) in [5.41, 5.74) is 2.81. The first-order valence-electron chi connectivity index (χ1n) is 11.6. The van der Waals surface area contributed by atoms with Gasteiger partial charge in [0.2, 0.25) is 5.91 Å². The van der Waals surface area contributed by atoms with Crippen molar-refractivity contribution in [2.45, 2.75) is 45.2 Å². The molecule has 0 spiro atoms. The van der Waals surface area contributed by atoms with Crippen molar-refractivity contribution >= 4 is 44.3 Å². The number of aromatic nitrogens is 1. The van der Waals surface area contributed by atoms with Gasteiger partial charge in [0.15, 0.2) is 0 Å². The molecule has 1 saturated carbocycles. The first-order chi connectivity index (χ1) is 16.4. The summed E-state index contributed by atoms with van der Waals surface area (Å²) in [5, 5.41) is 5.00. The molecule has 1 aliphatic rings. The SMILES string of the molecule is Cc1ccc2nc3sc(C(=O)N(CC(=O)NC4CCCC4)Cc4ccc(F)cc4)cc3cc2c1. The van der Waals surface area contributed by atoms with Crippen LogP contribution in [0.4, 0.5) is 4.39 Å². The number of aryl methyl sites for hydroxylation is 1. The number of rotatable bonds is 6. The van der Waals surface area contributed by atoms with Crippen LogP contribution in [-0.2, 0) is 11.3 Å². The van der Waals surface area contributed by atoms with Crippen molar-refractivity contribution in [1.82, 2.24) is 15.2 Å². The van der Waals surface area contributed by atoms with E-state index in [9.17, 15) is 14.0 Å². The van der Waals surface area contributed by atoms with Crippen molar-refractivity contribution in [2.24, 2.45) is 0 Å². The second kappa shape index (κ2) is 9.50. The second-order valence-electron chi connectivity index (χ2n) is 9.03. The quantitative estimate of drug-likeness (QED) is 0.395. The van der Waals surface area contributed by atoms with Crippen LogP contribution < -0.4 is 5.32 Å². The third-order valence-corrected chi connectivity index (χ3v) is 7.33. The summed E-state index contributed by atoms with van der Waals surface area (Å²) >= 11 is 1.33. The lowest BCUT2D eigenvalue weighted by molar-refractivity contribution is -0.122. The van der Waals surface area contributed by atoms with E-state index in [0.717, 1.165) is 57.9 Å². The Morgan fingerprint density at radius 3 is 2.59 bits per heavy atom. The van der Waals surface area contributed by atoms with Crippen molar-refractivity contribution in [1.29, 1.82) is 0 Å². The van der Waals surface area contributed by atoms with E-state index in [2.05, 4.69) is 17.4 Å². The van der Waals surface area contributed by atoms with Gasteiger partial charge in [0.25, 0.3) is 5.91 Å². The Kier molecular flexibility index (Phi) is 6.28. The van der Waals surface area contributed by atoms with Crippen molar-refractivity contribution in [2.75, 3.05) is 6.54 Å². The lowest BCUT2D eigenvalue weighted by Gasteiger charge is -2.23. The second-order valence-corrected chi connectivity index (χ2v) is 10.1. The smallest absolute Gasteiger partial charge is 0.264 e. The zero-order valence-corrected chi connectivity index (χ0v) is 19.8. The van der Waals surface area contributed by atoms with Gasteiger partial charge >= 0.3 is 0 Å². The highest BCUT2D eigenvalue weighted by Crippen LogP contribution is 2.29. The van der Waals surface area contributed by atoms with E-state index in [4.69, 9.17) is 4.98 Å². The summed E-state index contributed by atoms with van der Waals surface area (Å²) in [5.74, 6) is -0.726. The Morgan fingerprint density at radius 2 is 1.82 bits per heavy atom.